The van der Waals surface area contributed by atoms with Crippen molar-refractivity contribution in [3.8, 4) is 11.3 Å². The lowest BCUT2D eigenvalue weighted by atomic mass is 10.0. The van der Waals surface area contributed by atoms with Gasteiger partial charge in [0.15, 0.2) is 9.84 Å². The number of anilines is 1. The molecule has 0 amide bonds. The van der Waals surface area contributed by atoms with Crippen LogP contribution in [0, 0.1) is 17.7 Å². The SMILES string of the molecule is C[C@@H](O)CCNc1cc(Cl)ncc1-c1ncc(CN2CC3CS(=O)(=O)CC3C2)cc1F. The lowest BCUT2D eigenvalue weighted by molar-refractivity contribution is 0.189. The summed E-state index contributed by atoms with van der Waals surface area (Å²) in [7, 11) is -2.90. The van der Waals surface area contributed by atoms with Gasteiger partial charge in [-0.05, 0) is 42.9 Å². The van der Waals surface area contributed by atoms with E-state index < -0.39 is 21.8 Å². The van der Waals surface area contributed by atoms with Crippen LogP contribution in [-0.2, 0) is 16.4 Å². The quantitative estimate of drug-likeness (QED) is 0.603. The molecular weight excluding hydrogens is 443 g/mol. The normalized spacial score (nSPS) is 23.6. The molecule has 0 radical (unpaired) electrons. The molecule has 2 aliphatic rings. The van der Waals surface area contributed by atoms with Crippen molar-refractivity contribution >= 4 is 27.1 Å². The van der Waals surface area contributed by atoms with Gasteiger partial charge in [0.05, 0.1) is 17.6 Å². The van der Waals surface area contributed by atoms with Crippen molar-refractivity contribution in [2.45, 2.75) is 26.0 Å². The monoisotopic (exact) mass is 468 g/mol. The van der Waals surface area contributed by atoms with E-state index in [1.165, 1.54) is 12.3 Å². The van der Waals surface area contributed by atoms with Crippen LogP contribution in [0.15, 0.2) is 24.5 Å². The van der Waals surface area contributed by atoms with Crippen LogP contribution < -0.4 is 5.32 Å². The number of sulfone groups is 1. The van der Waals surface area contributed by atoms with Crippen LogP contribution in [0.1, 0.15) is 18.9 Å². The third-order valence-electron chi connectivity index (χ3n) is 5.90. The molecule has 2 unspecified atom stereocenters. The van der Waals surface area contributed by atoms with E-state index >= 15 is 0 Å². The molecule has 2 aromatic rings. The van der Waals surface area contributed by atoms with E-state index in [0.717, 1.165) is 5.56 Å². The molecule has 4 heterocycles. The molecule has 2 aromatic heterocycles. The van der Waals surface area contributed by atoms with Gasteiger partial charge in [0.1, 0.15) is 16.7 Å². The van der Waals surface area contributed by atoms with Gasteiger partial charge in [-0.15, -0.1) is 0 Å². The van der Waals surface area contributed by atoms with E-state index in [2.05, 4.69) is 20.2 Å². The highest BCUT2D eigenvalue weighted by Crippen LogP contribution is 2.34. The van der Waals surface area contributed by atoms with Crippen molar-refractivity contribution in [2.24, 2.45) is 11.8 Å². The average molecular weight is 469 g/mol. The van der Waals surface area contributed by atoms with Gasteiger partial charge in [0.25, 0.3) is 0 Å². The molecule has 2 aliphatic heterocycles. The summed E-state index contributed by atoms with van der Waals surface area (Å²) in [5, 5.41) is 12.9. The maximum Gasteiger partial charge on any atom is 0.150 e. The molecule has 2 fully saturated rings. The maximum absolute atomic E-state index is 15.0. The number of hydrogen-bond donors (Lipinski definition) is 2. The summed E-state index contributed by atoms with van der Waals surface area (Å²) in [4.78, 5) is 10.6. The molecule has 0 bridgehead atoms. The maximum atomic E-state index is 15.0. The minimum absolute atomic E-state index is 0.178. The zero-order valence-corrected chi connectivity index (χ0v) is 18.8. The number of fused-ring (bicyclic) bond motifs is 1. The molecule has 4 rings (SSSR count). The minimum Gasteiger partial charge on any atom is -0.393 e. The van der Waals surface area contributed by atoms with Gasteiger partial charge in [-0.2, -0.15) is 0 Å². The summed E-state index contributed by atoms with van der Waals surface area (Å²) < 4.78 is 38.5. The van der Waals surface area contributed by atoms with Crippen LogP contribution in [0.5, 0.6) is 0 Å². The Balaban J connectivity index is 1.47. The Kier molecular flexibility index (Phi) is 6.48. The van der Waals surface area contributed by atoms with Gasteiger partial charge in [0, 0.05) is 49.8 Å². The van der Waals surface area contributed by atoms with E-state index in [1.54, 1.807) is 19.2 Å². The van der Waals surface area contributed by atoms with Gasteiger partial charge in [0.2, 0.25) is 0 Å². The van der Waals surface area contributed by atoms with Gasteiger partial charge >= 0.3 is 0 Å². The highest BCUT2D eigenvalue weighted by atomic mass is 35.5. The fourth-order valence-corrected chi connectivity index (χ4v) is 6.82. The highest BCUT2D eigenvalue weighted by molar-refractivity contribution is 7.91. The number of pyridine rings is 2. The third kappa shape index (κ3) is 5.34. The number of nitrogens with one attached hydrogen (secondary N) is 1. The van der Waals surface area contributed by atoms with Crippen molar-refractivity contribution in [3.63, 3.8) is 0 Å². The largest absolute Gasteiger partial charge is 0.393 e. The second kappa shape index (κ2) is 8.97. The molecule has 31 heavy (non-hydrogen) atoms. The highest BCUT2D eigenvalue weighted by Gasteiger charge is 2.43. The van der Waals surface area contributed by atoms with E-state index in [0.29, 0.717) is 43.9 Å². The molecule has 2 N–H and O–H groups in total. The molecule has 0 spiro atoms. The fourth-order valence-electron chi connectivity index (χ4n) is 4.46. The van der Waals surface area contributed by atoms with Crippen molar-refractivity contribution in [1.82, 2.24) is 14.9 Å². The average Bonchev–Trinajstić information content (AvgIpc) is 3.15. The smallest absolute Gasteiger partial charge is 0.150 e. The molecule has 10 heteroatoms. The molecule has 0 aromatic carbocycles. The Morgan fingerprint density at radius 2 is 1.97 bits per heavy atom. The van der Waals surface area contributed by atoms with Crippen LogP contribution in [0.2, 0.25) is 5.15 Å². The van der Waals surface area contributed by atoms with E-state index in [1.807, 2.05) is 0 Å². The summed E-state index contributed by atoms with van der Waals surface area (Å²) >= 11 is 6.01. The first kappa shape index (κ1) is 22.4. The predicted octanol–water partition coefficient (Wildman–Crippen LogP) is 2.60. The Bertz CT molecular complexity index is 1050. The summed E-state index contributed by atoms with van der Waals surface area (Å²) in [6, 6.07) is 3.09. The molecule has 3 atom stereocenters. The van der Waals surface area contributed by atoms with Gasteiger partial charge in [-0.3, -0.25) is 9.88 Å². The van der Waals surface area contributed by atoms with Crippen molar-refractivity contribution in [2.75, 3.05) is 36.5 Å². The first-order chi connectivity index (χ1) is 14.7. The Hall–Kier alpha value is -1.81. The Morgan fingerprint density at radius 1 is 1.26 bits per heavy atom. The first-order valence-electron chi connectivity index (χ1n) is 10.4. The van der Waals surface area contributed by atoms with E-state index in [9.17, 15) is 17.9 Å². The number of hydrogen-bond acceptors (Lipinski definition) is 7. The minimum atomic E-state index is -2.90. The summed E-state index contributed by atoms with van der Waals surface area (Å²) in [6.07, 6.45) is 3.22. The van der Waals surface area contributed by atoms with Crippen LogP contribution >= 0.6 is 11.6 Å². The molecule has 168 valence electrons. The fraction of sp³-hybridized carbons (Fsp3) is 0.524. The van der Waals surface area contributed by atoms with Crippen molar-refractivity contribution in [1.29, 1.82) is 0 Å². The number of aliphatic hydroxyl groups is 1. The second-order valence-electron chi connectivity index (χ2n) is 8.58. The predicted molar refractivity (Wildman–Crippen MR) is 118 cm³/mol. The zero-order valence-electron chi connectivity index (χ0n) is 17.3. The first-order valence-corrected chi connectivity index (χ1v) is 12.5. The Morgan fingerprint density at radius 3 is 2.61 bits per heavy atom. The lowest BCUT2D eigenvalue weighted by Gasteiger charge is -2.17. The molecule has 0 saturated carbocycles. The second-order valence-corrected chi connectivity index (χ2v) is 11.1. The molecule has 2 saturated heterocycles. The zero-order chi connectivity index (χ0) is 22.2. The number of likely N-dealkylation sites (tertiary alicyclic amines) is 1. The third-order valence-corrected chi connectivity index (χ3v) is 7.97. The number of rotatable bonds is 7. The van der Waals surface area contributed by atoms with E-state index in [-0.39, 0.29) is 34.2 Å². The number of aromatic nitrogens is 2. The summed E-state index contributed by atoms with van der Waals surface area (Å²) in [5.74, 6) is 0.416. The van der Waals surface area contributed by atoms with Crippen LogP contribution in [0.3, 0.4) is 0 Å². The van der Waals surface area contributed by atoms with Crippen LogP contribution in [0.4, 0.5) is 10.1 Å². The number of aliphatic hydroxyl groups excluding tert-OH is 1. The number of nitrogens with zero attached hydrogens (tertiary/aromatic N) is 3. The van der Waals surface area contributed by atoms with Crippen molar-refractivity contribution in [3.05, 3.63) is 41.1 Å². The van der Waals surface area contributed by atoms with Crippen molar-refractivity contribution < 1.29 is 17.9 Å². The van der Waals surface area contributed by atoms with Crippen LogP contribution in [-0.4, -0.2) is 65.6 Å². The van der Waals surface area contributed by atoms with Gasteiger partial charge in [-0.25, -0.2) is 17.8 Å². The van der Waals surface area contributed by atoms with E-state index in [4.69, 9.17) is 11.6 Å². The molecule has 0 aliphatic carbocycles. The van der Waals surface area contributed by atoms with Gasteiger partial charge in [-0.1, -0.05) is 11.6 Å². The van der Waals surface area contributed by atoms with Gasteiger partial charge < -0.3 is 10.4 Å². The summed E-state index contributed by atoms with van der Waals surface area (Å²) in [6.45, 7) is 4.17. The molecule has 7 nitrogen and oxygen atoms in total. The Labute approximate surface area is 186 Å². The van der Waals surface area contributed by atoms with Crippen LogP contribution in [0.25, 0.3) is 11.3 Å². The number of halogens is 2. The topological polar surface area (TPSA) is 95.4 Å². The molecular formula is C21H26ClFN4O3S. The lowest BCUT2D eigenvalue weighted by Crippen LogP contribution is -2.24. The summed E-state index contributed by atoms with van der Waals surface area (Å²) in [5.41, 5.74) is 2.03. The standard InChI is InChI=1S/C21H26ClFN4O3S/c1-13(28)2-3-24-19-5-20(22)25-7-17(19)21-18(23)4-14(6-26-21)8-27-9-15-11-31(29,30)12-16(15)10-27/h4-7,13,15-16,28H,2-3,8-12H2,1H3,(H,24,25)/t13-,15?,16?/m1/s1.